The van der Waals surface area contributed by atoms with Gasteiger partial charge < -0.3 is 9.32 Å². The lowest BCUT2D eigenvalue weighted by atomic mass is 10.2. The minimum absolute atomic E-state index is 0.139. The molecule has 0 unspecified atom stereocenters. The summed E-state index contributed by atoms with van der Waals surface area (Å²) in [6, 6.07) is 3.37. The van der Waals surface area contributed by atoms with Gasteiger partial charge in [-0.3, -0.25) is 0 Å². The van der Waals surface area contributed by atoms with Crippen LogP contribution < -0.4 is 4.90 Å². The van der Waals surface area contributed by atoms with E-state index in [0.717, 1.165) is 0 Å². The van der Waals surface area contributed by atoms with E-state index in [1.54, 1.807) is 0 Å². The third-order valence-electron chi connectivity index (χ3n) is 3.77. The molecule has 1 fully saturated rings. The summed E-state index contributed by atoms with van der Waals surface area (Å²) in [6.45, 7) is 5.60. The van der Waals surface area contributed by atoms with Gasteiger partial charge in [-0.05, 0) is 12.1 Å². The lowest BCUT2D eigenvalue weighted by Gasteiger charge is -2.32. The van der Waals surface area contributed by atoms with E-state index in [0.29, 0.717) is 38.1 Å². The van der Waals surface area contributed by atoms with Gasteiger partial charge in [0.1, 0.15) is 10.0 Å². The fourth-order valence-electron chi connectivity index (χ4n) is 2.37. The standard InChI is InChI=1S/C14H18ClN5O3S/c1-10(2)13-17-18-14(23-13)19-5-7-20(8-6-19)24(21,22)11-3-4-12(15)16-9-11/h3-4,9-10H,5-8H2,1-2H3. The van der Waals surface area contributed by atoms with E-state index in [1.807, 2.05) is 18.7 Å². The predicted molar refractivity (Wildman–Crippen MR) is 88.6 cm³/mol. The Balaban J connectivity index is 1.68. The Hall–Kier alpha value is -1.71. The molecule has 3 heterocycles. The zero-order valence-corrected chi connectivity index (χ0v) is 15.0. The predicted octanol–water partition coefficient (Wildman–Crippen LogP) is 1.75. The van der Waals surface area contributed by atoms with Gasteiger partial charge in [0.25, 0.3) is 0 Å². The molecular formula is C14H18ClN5O3S. The maximum Gasteiger partial charge on any atom is 0.318 e. The van der Waals surface area contributed by atoms with Gasteiger partial charge in [-0.25, -0.2) is 13.4 Å². The molecule has 2 aromatic rings. The van der Waals surface area contributed by atoms with Crippen LogP contribution in [0.2, 0.25) is 5.15 Å². The number of sulfonamides is 1. The Labute approximate surface area is 145 Å². The Bertz CT molecular complexity index is 798. The molecular weight excluding hydrogens is 354 g/mol. The minimum atomic E-state index is -3.57. The lowest BCUT2D eigenvalue weighted by molar-refractivity contribution is 0.367. The normalized spacial score (nSPS) is 16.8. The van der Waals surface area contributed by atoms with Crippen LogP contribution in [0.15, 0.2) is 27.6 Å². The van der Waals surface area contributed by atoms with Crippen molar-refractivity contribution in [2.75, 3.05) is 31.1 Å². The summed E-state index contributed by atoms with van der Waals surface area (Å²) in [5.41, 5.74) is 0. The molecule has 3 rings (SSSR count). The molecule has 1 saturated heterocycles. The molecule has 2 aromatic heterocycles. The average molecular weight is 372 g/mol. The molecule has 10 heteroatoms. The van der Waals surface area contributed by atoms with Crippen LogP contribution in [0.4, 0.5) is 6.01 Å². The van der Waals surface area contributed by atoms with E-state index in [9.17, 15) is 8.42 Å². The zero-order valence-electron chi connectivity index (χ0n) is 13.4. The topological polar surface area (TPSA) is 92.4 Å². The van der Waals surface area contributed by atoms with E-state index < -0.39 is 10.0 Å². The summed E-state index contributed by atoms with van der Waals surface area (Å²) < 4.78 is 32.3. The smallest absolute Gasteiger partial charge is 0.318 e. The van der Waals surface area contributed by atoms with Gasteiger partial charge in [0.15, 0.2) is 0 Å². The van der Waals surface area contributed by atoms with Crippen molar-refractivity contribution in [1.82, 2.24) is 19.5 Å². The minimum Gasteiger partial charge on any atom is -0.408 e. The number of pyridine rings is 1. The van der Waals surface area contributed by atoms with Crippen molar-refractivity contribution < 1.29 is 12.8 Å². The Morgan fingerprint density at radius 2 is 1.88 bits per heavy atom. The molecule has 1 aliphatic heterocycles. The number of anilines is 1. The third-order valence-corrected chi connectivity index (χ3v) is 5.88. The molecule has 0 spiro atoms. The molecule has 0 amide bonds. The van der Waals surface area contributed by atoms with E-state index in [1.165, 1.54) is 22.6 Å². The number of rotatable bonds is 4. The van der Waals surface area contributed by atoms with Crippen molar-refractivity contribution in [3.63, 3.8) is 0 Å². The van der Waals surface area contributed by atoms with Crippen LogP contribution in [0.5, 0.6) is 0 Å². The summed E-state index contributed by atoms with van der Waals surface area (Å²) in [6.07, 6.45) is 1.27. The number of hydrogen-bond donors (Lipinski definition) is 0. The van der Waals surface area contributed by atoms with Crippen LogP contribution in [0.1, 0.15) is 25.7 Å². The largest absolute Gasteiger partial charge is 0.408 e. The van der Waals surface area contributed by atoms with Crippen molar-refractivity contribution in [2.24, 2.45) is 0 Å². The highest BCUT2D eigenvalue weighted by Gasteiger charge is 2.30. The maximum absolute atomic E-state index is 12.6. The molecule has 1 aliphatic rings. The molecule has 0 radical (unpaired) electrons. The highest BCUT2D eigenvalue weighted by atomic mass is 35.5. The van der Waals surface area contributed by atoms with Gasteiger partial charge in [-0.1, -0.05) is 30.5 Å². The molecule has 24 heavy (non-hydrogen) atoms. The Morgan fingerprint density at radius 1 is 1.17 bits per heavy atom. The van der Waals surface area contributed by atoms with Gasteiger partial charge in [-0.15, -0.1) is 5.10 Å². The van der Waals surface area contributed by atoms with Crippen LogP contribution >= 0.6 is 11.6 Å². The number of hydrogen-bond acceptors (Lipinski definition) is 7. The second kappa shape index (κ2) is 6.66. The Morgan fingerprint density at radius 3 is 2.42 bits per heavy atom. The Kier molecular flexibility index (Phi) is 4.75. The molecule has 0 atom stereocenters. The van der Waals surface area contributed by atoms with E-state index in [2.05, 4.69) is 15.2 Å². The van der Waals surface area contributed by atoms with Crippen LogP contribution in [0, 0.1) is 0 Å². The maximum atomic E-state index is 12.6. The summed E-state index contributed by atoms with van der Waals surface area (Å²) in [5, 5.41) is 8.30. The fourth-order valence-corrected chi connectivity index (χ4v) is 3.85. The number of halogens is 1. The number of aromatic nitrogens is 3. The van der Waals surface area contributed by atoms with Crippen molar-refractivity contribution in [2.45, 2.75) is 24.7 Å². The molecule has 0 aliphatic carbocycles. The first-order valence-corrected chi connectivity index (χ1v) is 9.40. The van der Waals surface area contributed by atoms with Gasteiger partial charge >= 0.3 is 6.01 Å². The zero-order chi connectivity index (χ0) is 17.3. The number of nitrogens with zero attached hydrogens (tertiary/aromatic N) is 5. The number of piperazine rings is 1. The van der Waals surface area contributed by atoms with Crippen LogP contribution in [0.3, 0.4) is 0 Å². The lowest BCUT2D eigenvalue weighted by Crippen LogP contribution is -2.48. The quantitative estimate of drug-likeness (QED) is 0.756. The molecule has 0 bridgehead atoms. The SMILES string of the molecule is CC(C)c1nnc(N2CCN(S(=O)(=O)c3ccc(Cl)nc3)CC2)o1. The summed E-state index contributed by atoms with van der Waals surface area (Å²) in [7, 11) is -3.57. The van der Waals surface area contributed by atoms with Gasteiger partial charge in [0.05, 0.1) is 0 Å². The second-order valence-electron chi connectivity index (χ2n) is 5.79. The molecule has 8 nitrogen and oxygen atoms in total. The molecule has 0 aromatic carbocycles. The molecule has 130 valence electrons. The second-order valence-corrected chi connectivity index (χ2v) is 8.11. The van der Waals surface area contributed by atoms with Crippen molar-refractivity contribution in [1.29, 1.82) is 0 Å². The third kappa shape index (κ3) is 3.38. The highest BCUT2D eigenvalue weighted by molar-refractivity contribution is 7.89. The monoisotopic (exact) mass is 371 g/mol. The van der Waals surface area contributed by atoms with E-state index >= 15 is 0 Å². The summed E-state index contributed by atoms with van der Waals surface area (Å²) in [4.78, 5) is 5.87. The van der Waals surface area contributed by atoms with Gasteiger partial charge in [0, 0.05) is 38.3 Å². The first-order valence-electron chi connectivity index (χ1n) is 7.58. The van der Waals surface area contributed by atoms with Crippen LogP contribution in [0.25, 0.3) is 0 Å². The van der Waals surface area contributed by atoms with Crippen LogP contribution in [-0.4, -0.2) is 54.1 Å². The van der Waals surface area contributed by atoms with Gasteiger partial charge in [-0.2, -0.15) is 4.31 Å². The van der Waals surface area contributed by atoms with Crippen molar-refractivity contribution in [3.05, 3.63) is 29.4 Å². The van der Waals surface area contributed by atoms with E-state index in [-0.39, 0.29) is 16.0 Å². The van der Waals surface area contributed by atoms with Crippen LogP contribution in [-0.2, 0) is 10.0 Å². The van der Waals surface area contributed by atoms with Crippen molar-refractivity contribution in [3.8, 4) is 0 Å². The first kappa shape index (κ1) is 17.1. The highest BCUT2D eigenvalue weighted by Crippen LogP contribution is 2.22. The summed E-state index contributed by atoms with van der Waals surface area (Å²) in [5.74, 6) is 0.734. The fraction of sp³-hybridized carbons (Fsp3) is 0.500. The molecule has 0 saturated carbocycles. The molecule has 0 N–H and O–H groups in total. The first-order chi connectivity index (χ1) is 11.4. The summed E-state index contributed by atoms with van der Waals surface area (Å²) >= 11 is 5.71. The average Bonchev–Trinajstić information content (AvgIpc) is 3.06. The van der Waals surface area contributed by atoms with Crippen molar-refractivity contribution >= 4 is 27.6 Å². The van der Waals surface area contributed by atoms with Gasteiger partial charge in [0.2, 0.25) is 15.9 Å². The van der Waals surface area contributed by atoms with E-state index in [4.69, 9.17) is 16.0 Å².